The van der Waals surface area contributed by atoms with E-state index in [1.807, 2.05) is 121 Å². The van der Waals surface area contributed by atoms with Gasteiger partial charge in [-0.25, -0.2) is 9.59 Å². The summed E-state index contributed by atoms with van der Waals surface area (Å²) in [7, 11) is 0. The van der Waals surface area contributed by atoms with Crippen LogP contribution >= 0.6 is 0 Å². The molecule has 0 spiro atoms. The quantitative estimate of drug-likeness (QED) is 0.129. The van der Waals surface area contributed by atoms with E-state index in [-0.39, 0.29) is 0 Å². The third kappa shape index (κ3) is 8.19. The first kappa shape index (κ1) is 30.3. The fourth-order valence-electron chi connectivity index (χ4n) is 4.44. The van der Waals surface area contributed by atoms with Gasteiger partial charge < -0.3 is 18.9 Å². The van der Waals surface area contributed by atoms with Crippen LogP contribution in [0.1, 0.15) is 37.2 Å². The molecule has 0 aromatic heterocycles. The molecular formula is C34H36N2O6. The molecule has 0 heterocycles. The third-order valence-electron chi connectivity index (χ3n) is 6.91. The van der Waals surface area contributed by atoms with Gasteiger partial charge in [0.2, 0.25) is 0 Å². The lowest BCUT2D eigenvalue weighted by Gasteiger charge is -2.30. The van der Waals surface area contributed by atoms with Gasteiger partial charge in [-0.3, -0.25) is 11.5 Å². The molecule has 4 N–H and O–H groups in total. The molecule has 6 unspecified atom stereocenters. The minimum absolute atomic E-state index is 0.529. The second kappa shape index (κ2) is 14.8. The maximum absolute atomic E-state index is 12.8. The molecular weight excluding hydrogens is 532 g/mol. The number of carbonyl (C=O) groups is 2. The number of esters is 2. The van der Waals surface area contributed by atoms with Gasteiger partial charge in [-0.1, -0.05) is 111 Å². The lowest BCUT2D eigenvalue weighted by Crippen LogP contribution is -2.43. The summed E-state index contributed by atoms with van der Waals surface area (Å²) in [6, 6.07) is 37.4. The zero-order valence-electron chi connectivity index (χ0n) is 23.6. The minimum Gasteiger partial charge on any atom is -0.485 e. The van der Waals surface area contributed by atoms with E-state index in [1.54, 1.807) is 13.8 Å². The Kier molecular flexibility index (Phi) is 10.7. The van der Waals surface area contributed by atoms with E-state index in [2.05, 4.69) is 0 Å². The number of benzene rings is 4. The maximum atomic E-state index is 12.8. The van der Waals surface area contributed by atoms with E-state index >= 15 is 0 Å². The first-order chi connectivity index (χ1) is 20.3. The molecule has 0 saturated heterocycles. The van der Waals surface area contributed by atoms with Crippen LogP contribution in [-0.2, 0) is 19.1 Å². The molecule has 4 aromatic rings. The van der Waals surface area contributed by atoms with Gasteiger partial charge in [0, 0.05) is 11.8 Å². The summed E-state index contributed by atoms with van der Waals surface area (Å²) in [5, 5.41) is 0. The van der Waals surface area contributed by atoms with Crippen LogP contribution in [0.15, 0.2) is 121 Å². The largest absolute Gasteiger partial charge is 0.485 e. The van der Waals surface area contributed by atoms with Gasteiger partial charge in [0.25, 0.3) is 0 Å². The summed E-state index contributed by atoms with van der Waals surface area (Å²) in [5.74, 6) is -2.30. The van der Waals surface area contributed by atoms with Crippen molar-refractivity contribution in [1.29, 1.82) is 0 Å². The summed E-state index contributed by atoms with van der Waals surface area (Å²) < 4.78 is 23.1. The zero-order valence-corrected chi connectivity index (χ0v) is 23.6. The normalized spacial score (nSPS) is 15.2. The van der Waals surface area contributed by atoms with Gasteiger partial charge in [0.1, 0.15) is 23.7 Å². The van der Waals surface area contributed by atoms with Crippen LogP contribution in [0, 0.1) is 11.8 Å². The summed E-state index contributed by atoms with van der Waals surface area (Å²) >= 11 is 0. The van der Waals surface area contributed by atoms with E-state index in [0.717, 1.165) is 11.1 Å². The Morgan fingerprint density at radius 2 is 0.786 bits per heavy atom. The number of hydrogen-bond donors (Lipinski definition) is 2. The van der Waals surface area contributed by atoms with Gasteiger partial charge in [-0.2, -0.15) is 0 Å². The molecule has 218 valence electrons. The second-order valence-electron chi connectivity index (χ2n) is 9.98. The molecule has 0 radical (unpaired) electrons. The molecule has 8 nitrogen and oxygen atoms in total. The van der Waals surface area contributed by atoms with E-state index in [1.165, 1.54) is 0 Å². The Morgan fingerprint density at radius 3 is 1.10 bits per heavy atom. The molecule has 8 heteroatoms. The molecule has 42 heavy (non-hydrogen) atoms. The Labute approximate surface area is 246 Å². The van der Waals surface area contributed by atoms with Crippen LogP contribution in [0.2, 0.25) is 0 Å². The van der Waals surface area contributed by atoms with Crippen LogP contribution in [-0.4, -0.2) is 24.4 Å². The van der Waals surface area contributed by atoms with Crippen molar-refractivity contribution in [3.8, 4) is 11.5 Å². The average molecular weight is 569 g/mol. The van der Waals surface area contributed by atoms with Crippen molar-refractivity contribution in [3.05, 3.63) is 132 Å². The fourth-order valence-corrected chi connectivity index (χ4v) is 4.44. The molecule has 0 saturated carbocycles. The monoisotopic (exact) mass is 568 g/mol. The highest BCUT2D eigenvalue weighted by molar-refractivity contribution is 6.29. The molecule has 6 atom stereocenters. The van der Waals surface area contributed by atoms with Gasteiger partial charge in [-0.15, -0.1) is 0 Å². The van der Waals surface area contributed by atoms with E-state index < -0.39 is 48.4 Å². The molecule has 0 aliphatic rings. The highest BCUT2D eigenvalue weighted by atomic mass is 16.6. The lowest BCUT2D eigenvalue weighted by molar-refractivity contribution is -0.178. The van der Waals surface area contributed by atoms with E-state index in [9.17, 15) is 9.59 Å². The van der Waals surface area contributed by atoms with Crippen molar-refractivity contribution >= 4 is 11.9 Å². The summed E-state index contributed by atoms with van der Waals surface area (Å²) in [6.07, 6.45) is -3.47. The number of hydrogen-bond acceptors (Lipinski definition) is 8. The Hall–Kier alpha value is -4.66. The summed E-state index contributed by atoms with van der Waals surface area (Å²) in [4.78, 5) is 25.5. The number of carbonyl (C=O) groups excluding carboxylic acids is 2. The van der Waals surface area contributed by atoms with Crippen molar-refractivity contribution in [2.45, 2.75) is 38.5 Å². The third-order valence-corrected chi connectivity index (χ3v) is 6.91. The SMILES string of the molecule is CC(C(N)OC(=O)C(=O)OC(N)C(C)C(Oc1ccccc1)c1ccccc1)C(Oc1ccccc1)c1ccccc1. The van der Waals surface area contributed by atoms with Crippen molar-refractivity contribution < 1.29 is 28.5 Å². The van der Waals surface area contributed by atoms with Crippen LogP contribution in [0.3, 0.4) is 0 Å². The van der Waals surface area contributed by atoms with E-state index in [4.69, 9.17) is 30.4 Å². The van der Waals surface area contributed by atoms with Crippen molar-refractivity contribution in [1.82, 2.24) is 0 Å². The predicted octanol–water partition coefficient (Wildman–Crippen LogP) is 5.56. The molecule has 0 fully saturated rings. The molecule has 0 aliphatic carbocycles. The highest BCUT2D eigenvalue weighted by Gasteiger charge is 2.34. The van der Waals surface area contributed by atoms with Gasteiger partial charge in [-0.05, 0) is 35.4 Å². The standard InChI is InChI=1S/C34H36N2O6/c1-23(29(25-15-7-3-8-16-25)39-27-19-11-5-12-20-27)31(35)41-33(37)34(38)42-32(36)24(2)30(26-17-9-4-10-18-26)40-28-21-13-6-14-22-28/h3-24,29-32H,35-36H2,1-2H3. The molecule has 0 bridgehead atoms. The van der Waals surface area contributed by atoms with Crippen LogP contribution in [0.5, 0.6) is 11.5 Å². The van der Waals surface area contributed by atoms with Crippen LogP contribution in [0.25, 0.3) is 0 Å². The fraction of sp³-hybridized carbons (Fsp3) is 0.235. The maximum Gasteiger partial charge on any atom is 0.419 e. The Balaban J connectivity index is 1.41. The number of ether oxygens (including phenoxy) is 4. The summed E-state index contributed by atoms with van der Waals surface area (Å²) in [5.41, 5.74) is 14.2. The summed E-state index contributed by atoms with van der Waals surface area (Å²) in [6.45, 7) is 3.56. The smallest absolute Gasteiger partial charge is 0.419 e. The molecule has 4 aromatic carbocycles. The molecule has 4 rings (SSSR count). The van der Waals surface area contributed by atoms with E-state index in [0.29, 0.717) is 11.5 Å². The lowest BCUT2D eigenvalue weighted by atomic mass is 9.95. The zero-order chi connectivity index (χ0) is 29.9. The number of para-hydroxylation sites is 2. The average Bonchev–Trinajstić information content (AvgIpc) is 3.03. The van der Waals surface area contributed by atoms with Gasteiger partial charge >= 0.3 is 11.9 Å². The minimum atomic E-state index is -1.25. The first-order valence-corrected chi connectivity index (χ1v) is 13.8. The highest BCUT2D eigenvalue weighted by Crippen LogP contribution is 2.32. The van der Waals surface area contributed by atoms with Crippen LogP contribution < -0.4 is 20.9 Å². The first-order valence-electron chi connectivity index (χ1n) is 13.8. The molecule has 0 aliphatic heterocycles. The second-order valence-corrected chi connectivity index (χ2v) is 9.98. The van der Waals surface area contributed by atoms with Crippen LogP contribution in [0.4, 0.5) is 0 Å². The van der Waals surface area contributed by atoms with Gasteiger partial charge in [0.05, 0.1) is 0 Å². The number of nitrogens with two attached hydrogens (primary N) is 2. The molecule has 0 amide bonds. The Morgan fingerprint density at radius 1 is 0.500 bits per heavy atom. The predicted molar refractivity (Wildman–Crippen MR) is 159 cm³/mol. The van der Waals surface area contributed by atoms with Gasteiger partial charge in [0.15, 0.2) is 12.5 Å². The topological polar surface area (TPSA) is 123 Å². The van der Waals surface area contributed by atoms with Crippen molar-refractivity contribution in [3.63, 3.8) is 0 Å². The van der Waals surface area contributed by atoms with Crippen molar-refractivity contribution in [2.75, 3.05) is 0 Å². The number of rotatable bonds is 12. The van der Waals surface area contributed by atoms with Crippen molar-refractivity contribution in [2.24, 2.45) is 23.3 Å². The Bertz CT molecular complexity index is 1280.